The Morgan fingerprint density at radius 1 is 1.00 bits per heavy atom. The summed E-state index contributed by atoms with van der Waals surface area (Å²) in [6.45, 7) is 0. The van der Waals surface area contributed by atoms with E-state index in [1.165, 1.54) is 19.3 Å². The first kappa shape index (κ1) is 7.88. The second kappa shape index (κ2) is 3.83. The molecule has 4 atom stereocenters. The molecule has 2 N–H and O–H groups in total. The molecule has 0 spiro atoms. The molecule has 0 aromatic rings. The molecule has 0 aliphatic heterocycles. The molecule has 0 heterocycles. The molecular weight excluding hydrogens is 150 g/mol. The molecule has 1 aliphatic carbocycles. The van der Waals surface area contributed by atoms with E-state index in [0.29, 0.717) is 12.1 Å². The lowest BCUT2D eigenvalue weighted by Gasteiger charge is -2.07. The molecule has 2 nitrogen and oxygen atoms in total. The van der Waals surface area contributed by atoms with Crippen molar-refractivity contribution in [2.24, 2.45) is 0 Å². The van der Waals surface area contributed by atoms with Gasteiger partial charge in [-0.05, 0) is 19.3 Å². The first-order valence-electron chi connectivity index (χ1n) is 3.29. The van der Waals surface area contributed by atoms with Crippen molar-refractivity contribution in [1.82, 2.24) is 10.2 Å². The van der Waals surface area contributed by atoms with Gasteiger partial charge in [-0.3, -0.25) is 10.2 Å². The molecule has 0 amide bonds. The first-order chi connectivity index (χ1) is 4.36. The van der Waals surface area contributed by atoms with E-state index in [1.54, 1.807) is 0 Å². The first-order valence-corrected chi connectivity index (χ1v) is 4.44. The van der Waals surface area contributed by atoms with Crippen LogP contribution in [0.3, 0.4) is 0 Å². The van der Waals surface area contributed by atoms with Gasteiger partial charge in [0.15, 0.2) is 0 Å². The Bertz CT molecular complexity index is 79.0. The fourth-order valence-electron chi connectivity index (χ4n) is 1.28. The average Bonchev–Trinajstić information content (AvgIpc) is 2.34. The molecule has 0 bridgehead atoms. The highest BCUT2D eigenvalue weighted by Gasteiger charge is 2.21. The lowest BCUT2D eigenvalue weighted by Crippen LogP contribution is -2.21. The van der Waals surface area contributed by atoms with Crippen LogP contribution < -0.4 is 10.2 Å². The van der Waals surface area contributed by atoms with Crippen molar-refractivity contribution in [2.45, 2.75) is 31.3 Å². The molecule has 0 aromatic carbocycles. The Morgan fingerprint density at radius 2 is 1.44 bits per heavy atom. The molecule has 0 saturated heterocycles. The van der Waals surface area contributed by atoms with E-state index in [2.05, 4.69) is 29.0 Å². The number of hydrogen-bond donors (Lipinski definition) is 2. The van der Waals surface area contributed by atoms with E-state index in [0.717, 1.165) is 0 Å². The van der Waals surface area contributed by atoms with Crippen LogP contribution in [0, 0.1) is 0 Å². The second-order valence-electron chi connectivity index (χ2n) is 2.54. The van der Waals surface area contributed by atoms with Crippen molar-refractivity contribution >= 4 is 18.8 Å². The van der Waals surface area contributed by atoms with Gasteiger partial charge in [0, 0.05) is 12.1 Å². The molecular formula is C5H14N2P2. The summed E-state index contributed by atoms with van der Waals surface area (Å²) in [5.41, 5.74) is 0. The minimum atomic E-state index is 0.716. The summed E-state index contributed by atoms with van der Waals surface area (Å²) in [6, 6.07) is 1.43. The van der Waals surface area contributed by atoms with Crippen molar-refractivity contribution in [1.29, 1.82) is 0 Å². The molecule has 1 aliphatic rings. The molecule has 0 aromatic heterocycles. The van der Waals surface area contributed by atoms with Crippen LogP contribution in [0.15, 0.2) is 0 Å². The van der Waals surface area contributed by atoms with E-state index < -0.39 is 0 Å². The van der Waals surface area contributed by atoms with Gasteiger partial charge < -0.3 is 0 Å². The third kappa shape index (κ3) is 2.13. The lowest BCUT2D eigenvalue weighted by atomic mass is 10.2. The SMILES string of the molecule is PNC1CCC(NP)C1. The molecule has 54 valence electrons. The normalized spacial score (nSPS) is 35.3. The summed E-state index contributed by atoms with van der Waals surface area (Å²) in [6.07, 6.45) is 3.86. The van der Waals surface area contributed by atoms with Gasteiger partial charge in [-0.2, -0.15) is 0 Å². The highest BCUT2D eigenvalue weighted by atomic mass is 31.0. The molecule has 4 heteroatoms. The van der Waals surface area contributed by atoms with E-state index in [4.69, 9.17) is 0 Å². The number of rotatable bonds is 2. The molecule has 9 heavy (non-hydrogen) atoms. The minimum absolute atomic E-state index is 0.716. The van der Waals surface area contributed by atoms with Crippen molar-refractivity contribution in [3.63, 3.8) is 0 Å². The maximum absolute atomic E-state index is 3.20. The Kier molecular flexibility index (Phi) is 3.35. The fraction of sp³-hybridized carbons (Fsp3) is 1.00. The lowest BCUT2D eigenvalue weighted by molar-refractivity contribution is 0.614. The van der Waals surface area contributed by atoms with Crippen LogP contribution in [0.25, 0.3) is 0 Å². The topological polar surface area (TPSA) is 24.1 Å². The monoisotopic (exact) mass is 164 g/mol. The van der Waals surface area contributed by atoms with Crippen LogP contribution in [0.4, 0.5) is 0 Å². The average molecular weight is 164 g/mol. The van der Waals surface area contributed by atoms with Gasteiger partial charge >= 0.3 is 0 Å². The largest absolute Gasteiger partial charge is 0.298 e. The van der Waals surface area contributed by atoms with Gasteiger partial charge in [0.25, 0.3) is 0 Å². The maximum atomic E-state index is 3.20. The van der Waals surface area contributed by atoms with E-state index >= 15 is 0 Å². The summed E-state index contributed by atoms with van der Waals surface area (Å²) in [7, 11) is 5.15. The number of hydrogen-bond acceptors (Lipinski definition) is 2. The summed E-state index contributed by atoms with van der Waals surface area (Å²) >= 11 is 0. The summed E-state index contributed by atoms with van der Waals surface area (Å²) in [5, 5.41) is 6.39. The molecule has 0 radical (unpaired) electrons. The van der Waals surface area contributed by atoms with Crippen LogP contribution in [0.1, 0.15) is 19.3 Å². The van der Waals surface area contributed by atoms with Crippen LogP contribution in [0.5, 0.6) is 0 Å². The molecule has 4 unspecified atom stereocenters. The zero-order valence-corrected chi connectivity index (χ0v) is 7.74. The second-order valence-corrected chi connectivity index (χ2v) is 3.21. The smallest absolute Gasteiger partial charge is 0.0114 e. The zero-order valence-electron chi connectivity index (χ0n) is 5.43. The van der Waals surface area contributed by atoms with Gasteiger partial charge in [-0.25, -0.2) is 0 Å². The third-order valence-corrected chi connectivity index (χ3v) is 2.85. The van der Waals surface area contributed by atoms with E-state index in [-0.39, 0.29) is 0 Å². The van der Waals surface area contributed by atoms with Crippen molar-refractivity contribution < 1.29 is 0 Å². The van der Waals surface area contributed by atoms with E-state index in [1.807, 2.05) is 0 Å². The molecule has 1 fully saturated rings. The van der Waals surface area contributed by atoms with Gasteiger partial charge in [0.05, 0.1) is 0 Å². The van der Waals surface area contributed by atoms with Gasteiger partial charge in [-0.15, -0.1) is 0 Å². The van der Waals surface area contributed by atoms with Gasteiger partial charge in [0.2, 0.25) is 0 Å². The Morgan fingerprint density at radius 3 is 1.67 bits per heavy atom. The highest BCUT2D eigenvalue weighted by molar-refractivity contribution is 7.14. The van der Waals surface area contributed by atoms with Crippen molar-refractivity contribution in [2.75, 3.05) is 0 Å². The summed E-state index contributed by atoms with van der Waals surface area (Å²) in [4.78, 5) is 0. The highest BCUT2D eigenvalue weighted by Crippen LogP contribution is 2.20. The minimum Gasteiger partial charge on any atom is -0.298 e. The fourth-order valence-corrected chi connectivity index (χ4v) is 1.89. The Balaban J connectivity index is 2.20. The summed E-state index contributed by atoms with van der Waals surface area (Å²) in [5.74, 6) is 0. The zero-order chi connectivity index (χ0) is 6.69. The Hall–Kier alpha value is 0.780. The predicted molar refractivity (Wildman–Crippen MR) is 47.1 cm³/mol. The van der Waals surface area contributed by atoms with Crippen LogP contribution in [-0.2, 0) is 0 Å². The quantitative estimate of drug-likeness (QED) is 0.586. The standard InChI is InChI=1S/C5H14N2P2/c8-6-4-1-2-5(3-4)7-9/h4-7H,1-3,8-9H2. The Labute approximate surface area is 61.1 Å². The predicted octanol–water partition coefficient (Wildman–Crippen LogP) is 0.667. The maximum Gasteiger partial charge on any atom is 0.0114 e. The number of nitrogens with one attached hydrogen (secondary N) is 2. The molecule has 1 rings (SSSR count). The molecule has 1 saturated carbocycles. The van der Waals surface area contributed by atoms with Crippen LogP contribution >= 0.6 is 18.8 Å². The van der Waals surface area contributed by atoms with E-state index in [9.17, 15) is 0 Å². The van der Waals surface area contributed by atoms with Crippen molar-refractivity contribution in [3.8, 4) is 0 Å². The third-order valence-electron chi connectivity index (χ3n) is 1.90. The van der Waals surface area contributed by atoms with Gasteiger partial charge in [-0.1, -0.05) is 18.8 Å². The summed E-state index contributed by atoms with van der Waals surface area (Å²) < 4.78 is 0. The van der Waals surface area contributed by atoms with Crippen LogP contribution in [0.2, 0.25) is 0 Å². The van der Waals surface area contributed by atoms with Crippen molar-refractivity contribution in [3.05, 3.63) is 0 Å². The van der Waals surface area contributed by atoms with Gasteiger partial charge in [0.1, 0.15) is 0 Å². The van der Waals surface area contributed by atoms with Crippen LogP contribution in [-0.4, -0.2) is 12.1 Å².